The van der Waals surface area contributed by atoms with Crippen molar-refractivity contribution in [3.63, 3.8) is 0 Å². The summed E-state index contributed by atoms with van der Waals surface area (Å²) in [7, 11) is -0.223. The first-order valence-corrected chi connectivity index (χ1v) is 12.8. The Morgan fingerprint density at radius 1 is 0.833 bits per heavy atom. The topological polar surface area (TPSA) is 108 Å². The standard InChI is InChI=1S/C26H30N4O5S/c1-29(2)19-9-18-27-25(31)20-28-26(32)21-14-16-24(17-15-21)36(33,34)30(22-10-5-3-6-11-22)35-23-12-7-4-8-13-23/h3-8,10-17H,9,18-20H2,1-2H3,(H,27,31)(H,28,32). The maximum atomic E-state index is 13.4. The highest BCUT2D eigenvalue weighted by Gasteiger charge is 2.27. The lowest BCUT2D eigenvalue weighted by Crippen LogP contribution is -2.37. The zero-order valence-electron chi connectivity index (χ0n) is 20.3. The van der Waals surface area contributed by atoms with Gasteiger partial charge < -0.3 is 20.4 Å². The molecular weight excluding hydrogens is 480 g/mol. The Labute approximate surface area is 211 Å². The Bertz CT molecular complexity index is 1230. The molecule has 0 aromatic heterocycles. The molecule has 0 saturated carbocycles. The molecule has 3 aromatic rings. The first kappa shape index (κ1) is 26.7. The molecule has 36 heavy (non-hydrogen) atoms. The van der Waals surface area contributed by atoms with Gasteiger partial charge in [-0.3, -0.25) is 9.59 Å². The number of nitrogens with zero attached hydrogens (tertiary/aromatic N) is 2. The van der Waals surface area contributed by atoms with E-state index in [0.29, 0.717) is 18.0 Å². The first-order chi connectivity index (χ1) is 17.3. The summed E-state index contributed by atoms with van der Waals surface area (Å²) >= 11 is 0. The number of hydrogen-bond donors (Lipinski definition) is 2. The molecule has 0 aliphatic carbocycles. The minimum atomic E-state index is -4.13. The number of carbonyl (C=O) groups excluding carboxylic acids is 2. The molecule has 0 unspecified atom stereocenters. The van der Waals surface area contributed by atoms with Gasteiger partial charge in [0.25, 0.3) is 15.9 Å². The van der Waals surface area contributed by atoms with Crippen LogP contribution in [-0.2, 0) is 14.8 Å². The predicted molar refractivity (Wildman–Crippen MR) is 138 cm³/mol. The second-order valence-electron chi connectivity index (χ2n) is 8.19. The Hall–Kier alpha value is -3.89. The van der Waals surface area contributed by atoms with Crippen LogP contribution in [0, 0.1) is 0 Å². The molecule has 3 aromatic carbocycles. The van der Waals surface area contributed by atoms with Crippen LogP contribution in [0.3, 0.4) is 0 Å². The van der Waals surface area contributed by atoms with E-state index in [9.17, 15) is 18.0 Å². The number of sulfonamides is 1. The Kier molecular flexibility index (Phi) is 9.43. The smallest absolute Gasteiger partial charge is 0.295 e. The van der Waals surface area contributed by atoms with Crippen LogP contribution in [0.1, 0.15) is 16.8 Å². The van der Waals surface area contributed by atoms with Gasteiger partial charge in [0.05, 0.1) is 17.1 Å². The van der Waals surface area contributed by atoms with E-state index in [0.717, 1.165) is 17.4 Å². The fraction of sp³-hybridized carbons (Fsp3) is 0.231. The number of anilines is 1. The fourth-order valence-corrected chi connectivity index (χ4v) is 4.44. The summed E-state index contributed by atoms with van der Waals surface area (Å²) in [6.07, 6.45) is 0.802. The van der Waals surface area contributed by atoms with Crippen LogP contribution in [0.15, 0.2) is 89.8 Å². The number of amides is 2. The Balaban J connectivity index is 1.67. The van der Waals surface area contributed by atoms with Crippen LogP contribution in [0.4, 0.5) is 5.69 Å². The molecule has 0 fully saturated rings. The van der Waals surface area contributed by atoms with Gasteiger partial charge in [-0.15, -0.1) is 0 Å². The van der Waals surface area contributed by atoms with Crippen LogP contribution in [0.25, 0.3) is 0 Å². The van der Waals surface area contributed by atoms with Crippen molar-refractivity contribution in [2.45, 2.75) is 11.3 Å². The molecule has 0 heterocycles. The summed E-state index contributed by atoms with van der Waals surface area (Å²) in [6, 6.07) is 22.4. The predicted octanol–water partition coefficient (Wildman–Crippen LogP) is 2.67. The quantitative estimate of drug-likeness (QED) is 0.287. The van der Waals surface area contributed by atoms with Gasteiger partial charge in [-0.25, -0.2) is 0 Å². The van der Waals surface area contributed by atoms with E-state index < -0.39 is 15.9 Å². The van der Waals surface area contributed by atoms with E-state index in [1.54, 1.807) is 60.7 Å². The molecule has 0 saturated heterocycles. The minimum absolute atomic E-state index is 0.0579. The molecule has 0 aliphatic heterocycles. The van der Waals surface area contributed by atoms with Gasteiger partial charge in [0.1, 0.15) is 0 Å². The normalized spacial score (nSPS) is 11.1. The highest BCUT2D eigenvalue weighted by atomic mass is 32.2. The van der Waals surface area contributed by atoms with Crippen LogP contribution in [0.5, 0.6) is 5.75 Å². The monoisotopic (exact) mass is 510 g/mol. The summed E-state index contributed by atoms with van der Waals surface area (Å²) in [5.74, 6) is -0.429. The van der Waals surface area contributed by atoms with Crippen molar-refractivity contribution in [3.8, 4) is 5.75 Å². The van der Waals surface area contributed by atoms with Crippen molar-refractivity contribution in [2.24, 2.45) is 0 Å². The molecule has 0 bridgehead atoms. The molecule has 190 valence electrons. The van der Waals surface area contributed by atoms with E-state index in [1.807, 2.05) is 19.0 Å². The van der Waals surface area contributed by atoms with Crippen molar-refractivity contribution >= 4 is 27.5 Å². The molecule has 2 amide bonds. The summed E-state index contributed by atoms with van der Waals surface area (Å²) in [5, 5.41) is 5.28. The van der Waals surface area contributed by atoms with Gasteiger partial charge in [0.2, 0.25) is 5.91 Å². The van der Waals surface area contributed by atoms with Gasteiger partial charge in [0.15, 0.2) is 5.75 Å². The third-order valence-corrected chi connectivity index (χ3v) is 6.63. The summed E-state index contributed by atoms with van der Waals surface area (Å²) in [4.78, 5) is 32.1. The van der Waals surface area contributed by atoms with E-state index in [1.165, 1.54) is 24.3 Å². The molecular formula is C26H30N4O5S. The molecule has 10 heteroatoms. The minimum Gasteiger partial charge on any atom is -0.364 e. The third-order valence-electron chi connectivity index (χ3n) is 5.04. The number of para-hydroxylation sites is 2. The largest absolute Gasteiger partial charge is 0.364 e. The SMILES string of the molecule is CN(C)CCCNC(=O)CNC(=O)c1ccc(S(=O)(=O)N(Oc2ccccc2)c2ccccc2)cc1. The van der Waals surface area contributed by atoms with Gasteiger partial charge in [-0.2, -0.15) is 8.42 Å². The van der Waals surface area contributed by atoms with Gasteiger partial charge >= 0.3 is 0 Å². The molecule has 3 rings (SSSR count). The third kappa shape index (κ3) is 7.56. The van der Waals surface area contributed by atoms with Gasteiger partial charge in [-0.05, 0) is 75.6 Å². The number of carbonyl (C=O) groups is 2. The van der Waals surface area contributed by atoms with Crippen LogP contribution < -0.4 is 19.9 Å². The molecule has 0 spiro atoms. The maximum absolute atomic E-state index is 13.4. The zero-order valence-corrected chi connectivity index (χ0v) is 21.1. The fourth-order valence-electron chi connectivity index (χ4n) is 3.19. The molecule has 2 N–H and O–H groups in total. The van der Waals surface area contributed by atoms with Crippen molar-refractivity contribution in [1.82, 2.24) is 15.5 Å². The molecule has 0 radical (unpaired) electrons. The molecule has 0 atom stereocenters. The first-order valence-electron chi connectivity index (χ1n) is 11.4. The Morgan fingerprint density at radius 3 is 2.06 bits per heavy atom. The van der Waals surface area contributed by atoms with E-state index in [-0.39, 0.29) is 22.9 Å². The van der Waals surface area contributed by atoms with Crippen LogP contribution >= 0.6 is 0 Å². The van der Waals surface area contributed by atoms with Crippen molar-refractivity contribution in [2.75, 3.05) is 38.2 Å². The lowest BCUT2D eigenvalue weighted by Gasteiger charge is -2.24. The van der Waals surface area contributed by atoms with E-state index in [4.69, 9.17) is 4.84 Å². The van der Waals surface area contributed by atoms with Crippen LogP contribution in [-0.4, -0.2) is 58.9 Å². The van der Waals surface area contributed by atoms with Crippen molar-refractivity contribution in [1.29, 1.82) is 0 Å². The number of hydrogen-bond acceptors (Lipinski definition) is 6. The van der Waals surface area contributed by atoms with Crippen molar-refractivity contribution in [3.05, 3.63) is 90.5 Å². The summed E-state index contributed by atoms with van der Waals surface area (Å²) in [6.45, 7) is 1.19. The van der Waals surface area contributed by atoms with Gasteiger partial charge in [-0.1, -0.05) is 40.9 Å². The second-order valence-corrected chi connectivity index (χ2v) is 9.94. The summed E-state index contributed by atoms with van der Waals surface area (Å²) < 4.78 is 27.7. The maximum Gasteiger partial charge on any atom is 0.295 e. The molecule has 9 nitrogen and oxygen atoms in total. The van der Waals surface area contributed by atoms with Crippen molar-refractivity contribution < 1.29 is 22.8 Å². The lowest BCUT2D eigenvalue weighted by molar-refractivity contribution is -0.120. The lowest BCUT2D eigenvalue weighted by atomic mass is 10.2. The van der Waals surface area contributed by atoms with E-state index >= 15 is 0 Å². The molecule has 0 aliphatic rings. The highest BCUT2D eigenvalue weighted by molar-refractivity contribution is 7.92. The highest BCUT2D eigenvalue weighted by Crippen LogP contribution is 2.26. The average Bonchev–Trinajstić information content (AvgIpc) is 2.89. The van der Waals surface area contributed by atoms with Gasteiger partial charge in [0, 0.05) is 12.1 Å². The average molecular weight is 511 g/mol. The summed E-state index contributed by atoms with van der Waals surface area (Å²) in [5.41, 5.74) is 0.546. The zero-order chi connectivity index (χ0) is 26.0. The number of rotatable bonds is 12. The van der Waals surface area contributed by atoms with Crippen LogP contribution in [0.2, 0.25) is 0 Å². The second kappa shape index (κ2) is 12.7. The Morgan fingerprint density at radius 2 is 1.44 bits per heavy atom. The number of benzene rings is 3. The van der Waals surface area contributed by atoms with E-state index in [2.05, 4.69) is 10.6 Å². The number of nitrogens with one attached hydrogen (secondary N) is 2.